The molecule has 194 valence electrons. The number of amidine groups is 1. The molecule has 1 aliphatic heterocycles. The van der Waals surface area contributed by atoms with E-state index in [0.29, 0.717) is 29.8 Å². The summed E-state index contributed by atoms with van der Waals surface area (Å²) >= 11 is 7.87. The van der Waals surface area contributed by atoms with Crippen LogP contribution in [0.15, 0.2) is 82.7 Å². The number of rotatable bonds is 8. The van der Waals surface area contributed by atoms with Gasteiger partial charge in [-0.25, -0.2) is 4.99 Å². The van der Waals surface area contributed by atoms with Crippen LogP contribution in [0.3, 0.4) is 0 Å². The number of hydrogen-bond donors (Lipinski definition) is 0. The van der Waals surface area contributed by atoms with Gasteiger partial charge in [0.15, 0.2) is 5.17 Å². The van der Waals surface area contributed by atoms with E-state index in [1.807, 2.05) is 66.7 Å². The van der Waals surface area contributed by atoms with Crippen molar-refractivity contribution in [2.45, 2.75) is 13.5 Å². The zero-order valence-electron chi connectivity index (χ0n) is 21.5. The summed E-state index contributed by atoms with van der Waals surface area (Å²) in [4.78, 5) is 20.6. The van der Waals surface area contributed by atoms with Crippen LogP contribution in [0.25, 0.3) is 17.0 Å². The maximum Gasteiger partial charge on any atom is 0.266 e. The van der Waals surface area contributed by atoms with Gasteiger partial charge in [-0.3, -0.25) is 9.69 Å². The van der Waals surface area contributed by atoms with Crippen molar-refractivity contribution < 1.29 is 14.3 Å². The molecule has 1 aliphatic rings. The third-order valence-corrected chi connectivity index (χ3v) is 7.92. The Morgan fingerprint density at radius 2 is 1.74 bits per heavy atom. The molecule has 1 fully saturated rings. The smallest absolute Gasteiger partial charge is 0.266 e. The number of hydrogen-bond acceptors (Lipinski definition) is 5. The lowest BCUT2D eigenvalue weighted by molar-refractivity contribution is -0.122. The third kappa shape index (κ3) is 5.23. The number of nitrogens with zero attached hydrogens (tertiary/aromatic N) is 3. The standard InChI is InChI=1S/C30H28ClN3O3S/c1-20-25(24-9-5-7-11-27(24)34(20)19-21-8-4-6-10-26(21)31)18-28-29(35)33(16-17-36-2)30(38-28)32-22-12-14-23(37-3)15-13-22/h4-15,18H,16-17,19H2,1-3H3/b28-18-,32-30?. The predicted molar refractivity (Wildman–Crippen MR) is 156 cm³/mol. The minimum absolute atomic E-state index is 0.0818. The molecule has 0 bridgehead atoms. The summed E-state index contributed by atoms with van der Waals surface area (Å²) in [5, 5.41) is 2.45. The quantitative estimate of drug-likeness (QED) is 0.226. The number of ether oxygens (including phenoxy) is 2. The van der Waals surface area contributed by atoms with Gasteiger partial charge in [0.25, 0.3) is 5.91 Å². The SMILES string of the molecule is COCCN1C(=O)/C(=C/c2c(C)n(Cc3ccccc3Cl)c3ccccc23)SC1=Nc1ccc(OC)cc1. The van der Waals surface area contributed by atoms with Crippen molar-refractivity contribution in [3.63, 3.8) is 0 Å². The van der Waals surface area contributed by atoms with Gasteiger partial charge < -0.3 is 14.0 Å². The van der Waals surface area contributed by atoms with Crippen molar-refractivity contribution >= 4 is 57.1 Å². The summed E-state index contributed by atoms with van der Waals surface area (Å²) in [7, 11) is 3.26. The van der Waals surface area contributed by atoms with Crippen LogP contribution in [0.4, 0.5) is 5.69 Å². The fourth-order valence-electron chi connectivity index (χ4n) is 4.51. The van der Waals surface area contributed by atoms with E-state index in [1.54, 1.807) is 19.1 Å². The van der Waals surface area contributed by atoms with Crippen LogP contribution in [0.1, 0.15) is 16.8 Å². The molecule has 38 heavy (non-hydrogen) atoms. The highest BCUT2D eigenvalue weighted by Gasteiger charge is 2.33. The van der Waals surface area contributed by atoms with Crippen molar-refractivity contribution in [1.82, 2.24) is 9.47 Å². The number of para-hydroxylation sites is 1. The second-order valence-electron chi connectivity index (χ2n) is 8.85. The number of aliphatic imine (C=N–C) groups is 1. The third-order valence-electron chi connectivity index (χ3n) is 6.55. The van der Waals surface area contributed by atoms with Gasteiger partial charge >= 0.3 is 0 Å². The molecule has 0 radical (unpaired) electrons. The fraction of sp³-hybridized carbons (Fsp3) is 0.200. The Morgan fingerprint density at radius 3 is 2.47 bits per heavy atom. The molecular formula is C30H28ClN3O3S. The van der Waals surface area contributed by atoms with E-state index < -0.39 is 0 Å². The fourth-order valence-corrected chi connectivity index (χ4v) is 5.71. The van der Waals surface area contributed by atoms with Gasteiger partial charge in [0.05, 0.1) is 30.9 Å². The van der Waals surface area contributed by atoms with Crippen LogP contribution in [0.5, 0.6) is 5.75 Å². The van der Waals surface area contributed by atoms with Crippen LogP contribution >= 0.6 is 23.4 Å². The van der Waals surface area contributed by atoms with Gasteiger partial charge in [-0.15, -0.1) is 0 Å². The van der Waals surface area contributed by atoms with Gasteiger partial charge in [0.1, 0.15) is 5.75 Å². The topological polar surface area (TPSA) is 56.1 Å². The van der Waals surface area contributed by atoms with E-state index in [0.717, 1.165) is 44.2 Å². The Morgan fingerprint density at radius 1 is 1.00 bits per heavy atom. The van der Waals surface area contributed by atoms with E-state index in [4.69, 9.17) is 26.1 Å². The van der Waals surface area contributed by atoms with Gasteiger partial charge in [0.2, 0.25) is 0 Å². The molecule has 3 aromatic carbocycles. The highest BCUT2D eigenvalue weighted by molar-refractivity contribution is 8.18. The van der Waals surface area contributed by atoms with E-state index >= 15 is 0 Å². The van der Waals surface area contributed by atoms with Crippen LogP contribution in [0.2, 0.25) is 5.02 Å². The molecule has 0 unspecified atom stereocenters. The monoisotopic (exact) mass is 545 g/mol. The summed E-state index contributed by atoms with van der Waals surface area (Å²) in [5.41, 5.74) is 4.97. The van der Waals surface area contributed by atoms with Crippen LogP contribution < -0.4 is 4.74 Å². The zero-order chi connectivity index (χ0) is 26.6. The molecule has 6 nitrogen and oxygen atoms in total. The van der Waals surface area contributed by atoms with E-state index in [-0.39, 0.29) is 5.91 Å². The average molecular weight is 546 g/mol. The molecule has 5 rings (SSSR count). The normalized spacial score (nSPS) is 15.8. The van der Waals surface area contributed by atoms with Crippen LogP contribution in [-0.4, -0.2) is 47.9 Å². The lowest BCUT2D eigenvalue weighted by Gasteiger charge is -2.14. The molecule has 0 atom stereocenters. The highest BCUT2D eigenvalue weighted by Crippen LogP contribution is 2.37. The molecule has 8 heteroatoms. The molecule has 4 aromatic rings. The largest absolute Gasteiger partial charge is 0.497 e. The number of thioether (sulfide) groups is 1. The van der Waals surface area contributed by atoms with Gasteiger partial charge in [-0.2, -0.15) is 0 Å². The minimum Gasteiger partial charge on any atom is -0.497 e. The minimum atomic E-state index is -0.0818. The second kappa shape index (κ2) is 11.5. The van der Waals surface area contributed by atoms with Gasteiger partial charge in [-0.1, -0.05) is 48.0 Å². The number of halogens is 1. The van der Waals surface area contributed by atoms with E-state index in [2.05, 4.69) is 23.6 Å². The average Bonchev–Trinajstić information content (AvgIpc) is 3.37. The maximum absolute atomic E-state index is 13.6. The van der Waals surface area contributed by atoms with Crippen LogP contribution in [-0.2, 0) is 16.1 Å². The van der Waals surface area contributed by atoms with Crippen molar-refractivity contribution in [3.8, 4) is 5.75 Å². The Labute approximate surface area is 231 Å². The summed E-state index contributed by atoms with van der Waals surface area (Å²) in [6, 6.07) is 23.6. The van der Waals surface area contributed by atoms with Crippen molar-refractivity contribution in [3.05, 3.63) is 99.5 Å². The zero-order valence-corrected chi connectivity index (χ0v) is 23.1. The lowest BCUT2D eigenvalue weighted by atomic mass is 10.1. The first-order valence-corrected chi connectivity index (χ1v) is 13.4. The van der Waals surface area contributed by atoms with Crippen molar-refractivity contribution in [2.24, 2.45) is 4.99 Å². The number of fused-ring (bicyclic) bond motifs is 1. The maximum atomic E-state index is 13.6. The first-order valence-electron chi connectivity index (χ1n) is 12.2. The number of benzene rings is 3. The van der Waals surface area contributed by atoms with E-state index in [1.165, 1.54) is 11.8 Å². The molecule has 0 saturated carbocycles. The molecule has 1 aromatic heterocycles. The van der Waals surface area contributed by atoms with E-state index in [9.17, 15) is 4.79 Å². The van der Waals surface area contributed by atoms with Crippen molar-refractivity contribution in [2.75, 3.05) is 27.4 Å². The molecule has 0 aliphatic carbocycles. The number of aromatic nitrogens is 1. The summed E-state index contributed by atoms with van der Waals surface area (Å²) in [6.07, 6.45) is 1.99. The molecular weight excluding hydrogens is 518 g/mol. The molecule has 0 N–H and O–H groups in total. The number of methoxy groups -OCH3 is 2. The van der Waals surface area contributed by atoms with Gasteiger partial charge in [0, 0.05) is 40.8 Å². The molecule has 1 amide bonds. The Bertz CT molecular complexity index is 1540. The highest BCUT2D eigenvalue weighted by atomic mass is 35.5. The Balaban J connectivity index is 1.55. The predicted octanol–water partition coefficient (Wildman–Crippen LogP) is 6.91. The van der Waals surface area contributed by atoms with Gasteiger partial charge in [-0.05, 0) is 66.7 Å². The molecule has 2 heterocycles. The Kier molecular flexibility index (Phi) is 7.88. The number of amides is 1. The molecule has 1 saturated heterocycles. The first-order chi connectivity index (χ1) is 18.5. The second-order valence-corrected chi connectivity index (χ2v) is 10.3. The summed E-state index contributed by atoms with van der Waals surface area (Å²) < 4.78 is 12.8. The number of carbonyl (C=O) groups is 1. The van der Waals surface area contributed by atoms with Crippen molar-refractivity contribution in [1.29, 1.82) is 0 Å². The summed E-state index contributed by atoms with van der Waals surface area (Å²) in [5.74, 6) is 0.672. The lowest BCUT2D eigenvalue weighted by Crippen LogP contribution is -2.32. The number of carbonyl (C=O) groups excluding carboxylic acids is 1. The first kappa shape index (κ1) is 26.1. The molecule has 0 spiro atoms. The van der Waals surface area contributed by atoms with Crippen LogP contribution in [0, 0.1) is 6.92 Å². The summed E-state index contributed by atoms with van der Waals surface area (Å²) in [6.45, 7) is 3.56. The Hall–Kier alpha value is -3.52.